The third-order valence-corrected chi connectivity index (χ3v) is 4.02. The quantitative estimate of drug-likeness (QED) is 0.586. The molecular formula is C17H15Cl2FN2O4. The summed E-state index contributed by atoms with van der Waals surface area (Å²) < 4.78 is 23.2. The Labute approximate surface area is 159 Å². The number of hydrogen-bond donors (Lipinski definition) is 2. The van der Waals surface area contributed by atoms with Crippen molar-refractivity contribution in [2.75, 3.05) is 18.2 Å². The van der Waals surface area contributed by atoms with Crippen molar-refractivity contribution in [3.63, 3.8) is 0 Å². The van der Waals surface area contributed by atoms with Crippen LogP contribution in [-0.4, -0.2) is 25.1 Å². The van der Waals surface area contributed by atoms with Gasteiger partial charge in [0.15, 0.2) is 6.10 Å². The number of halogens is 3. The fraction of sp³-hybridized carbons (Fsp3) is 0.176. The molecule has 0 aliphatic rings. The minimum Gasteiger partial charge on any atom is -0.496 e. The van der Waals surface area contributed by atoms with E-state index in [9.17, 15) is 14.0 Å². The van der Waals surface area contributed by atoms with Crippen LogP contribution in [0.2, 0.25) is 10.0 Å². The molecular weight excluding hydrogens is 386 g/mol. The van der Waals surface area contributed by atoms with Gasteiger partial charge in [-0.25, -0.2) is 9.18 Å². The van der Waals surface area contributed by atoms with Crippen molar-refractivity contribution >= 4 is 46.5 Å². The van der Waals surface area contributed by atoms with Gasteiger partial charge in [-0.05, 0) is 31.2 Å². The number of nitrogens with one attached hydrogen (secondary N) is 1. The summed E-state index contributed by atoms with van der Waals surface area (Å²) in [6.07, 6.45) is -1.16. The van der Waals surface area contributed by atoms with Crippen molar-refractivity contribution in [1.29, 1.82) is 0 Å². The fourth-order valence-electron chi connectivity index (χ4n) is 2.00. The molecule has 3 N–H and O–H groups in total. The Morgan fingerprint density at radius 1 is 1.19 bits per heavy atom. The minimum atomic E-state index is -1.16. The molecule has 0 fully saturated rings. The number of carbonyl (C=O) groups is 2. The zero-order valence-electron chi connectivity index (χ0n) is 13.8. The first-order valence-corrected chi connectivity index (χ1v) is 8.08. The maximum absolute atomic E-state index is 13.0. The zero-order chi connectivity index (χ0) is 19.4. The van der Waals surface area contributed by atoms with Crippen molar-refractivity contribution < 1.29 is 23.5 Å². The summed E-state index contributed by atoms with van der Waals surface area (Å²) in [6.45, 7) is 1.37. The number of hydrogen-bond acceptors (Lipinski definition) is 5. The largest absolute Gasteiger partial charge is 0.496 e. The van der Waals surface area contributed by atoms with Crippen molar-refractivity contribution in [1.82, 2.24) is 0 Å². The molecule has 1 unspecified atom stereocenters. The number of carbonyl (C=O) groups excluding carboxylic acids is 2. The van der Waals surface area contributed by atoms with Crippen LogP contribution < -0.4 is 15.8 Å². The Kier molecular flexibility index (Phi) is 6.28. The van der Waals surface area contributed by atoms with Gasteiger partial charge < -0.3 is 20.5 Å². The molecule has 1 atom stereocenters. The molecule has 0 radical (unpaired) electrons. The van der Waals surface area contributed by atoms with E-state index >= 15 is 0 Å². The molecule has 0 saturated heterocycles. The molecule has 9 heteroatoms. The number of rotatable bonds is 5. The van der Waals surface area contributed by atoms with Crippen LogP contribution in [0.25, 0.3) is 0 Å². The number of amides is 1. The summed E-state index contributed by atoms with van der Waals surface area (Å²) in [6, 6.07) is 6.16. The maximum atomic E-state index is 13.0. The SMILES string of the molecule is COc1cc(N)c(Cl)cc1C(=O)OC(C)C(=O)Nc1ccc(F)cc1Cl. The second-order valence-corrected chi connectivity index (χ2v) is 6.05. The molecule has 0 aliphatic carbocycles. The van der Waals surface area contributed by atoms with Crippen molar-refractivity contribution in [2.24, 2.45) is 0 Å². The van der Waals surface area contributed by atoms with Crippen LogP contribution in [-0.2, 0) is 9.53 Å². The van der Waals surface area contributed by atoms with Crippen LogP contribution in [0.3, 0.4) is 0 Å². The number of ether oxygens (including phenoxy) is 2. The lowest BCUT2D eigenvalue weighted by Crippen LogP contribution is -2.30. The number of esters is 1. The first-order valence-electron chi connectivity index (χ1n) is 7.32. The molecule has 26 heavy (non-hydrogen) atoms. The molecule has 138 valence electrons. The zero-order valence-corrected chi connectivity index (χ0v) is 15.3. The summed E-state index contributed by atoms with van der Waals surface area (Å²) in [5, 5.41) is 2.61. The monoisotopic (exact) mass is 400 g/mol. The number of anilines is 2. The van der Waals surface area contributed by atoms with E-state index in [2.05, 4.69) is 5.32 Å². The molecule has 2 aromatic rings. The van der Waals surface area contributed by atoms with Crippen LogP contribution in [0.15, 0.2) is 30.3 Å². The molecule has 6 nitrogen and oxygen atoms in total. The van der Waals surface area contributed by atoms with Crippen LogP contribution in [0.5, 0.6) is 5.75 Å². The highest BCUT2D eigenvalue weighted by atomic mass is 35.5. The number of nitrogens with two attached hydrogens (primary N) is 1. The van der Waals surface area contributed by atoms with Gasteiger partial charge in [0.05, 0.1) is 28.5 Å². The molecule has 1 amide bonds. The predicted molar refractivity (Wildman–Crippen MR) is 97.3 cm³/mol. The van der Waals surface area contributed by atoms with E-state index in [-0.39, 0.29) is 32.7 Å². The first kappa shape index (κ1) is 19.8. The summed E-state index contributed by atoms with van der Waals surface area (Å²) in [5.41, 5.74) is 6.10. The van der Waals surface area contributed by atoms with Gasteiger partial charge in [0.2, 0.25) is 0 Å². The fourth-order valence-corrected chi connectivity index (χ4v) is 2.38. The summed E-state index contributed by atoms with van der Waals surface area (Å²) in [7, 11) is 1.35. The molecule has 0 aromatic heterocycles. The summed E-state index contributed by atoms with van der Waals surface area (Å²) in [5.74, 6) is -1.85. The third-order valence-electron chi connectivity index (χ3n) is 3.38. The first-order chi connectivity index (χ1) is 12.2. The van der Waals surface area contributed by atoms with Crippen LogP contribution >= 0.6 is 23.2 Å². The van der Waals surface area contributed by atoms with E-state index in [4.69, 9.17) is 38.4 Å². The van der Waals surface area contributed by atoms with Gasteiger partial charge in [0, 0.05) is 6.07 Å². The minimum absolute atomic E-state index is 0.0175. The maximum Gasteiger partial charge on any atom is 0.342 e. The van der Waals surface area contributed by atoms with Crippen molar-refractivity contribution in [2.45, 2.75) is 13.0 Å². The molecule has 0 aliphatic heterocycles. The summed E-state index contributed by atoms with van der Waals surface area (Å²) in [4.78, 5) is 24.5. The Morgan fingerprint density at radius 2 is 1.88 bits per heavy atom. The average Bonchev–Trinajstić information content (AvgIpc) is 2.59. The van der Waals surface area contributed by atoms with Gasteiger partial charge in [-0.2, -0.15) is 0 Å². The van der Waals surface area contributed by atoms with Crippen LogP contribution in [0.4, 0.5) is 15.8 Å². The second-order valence-electron chi connectivity index (χ2n) is 5.23. The van der Waals surface area contributed by atoms with Gasteiger partial charge in [-0.1, -0.05) is 23.2 Å². The average molecular weight is 401 g/mol. The summed E-state index contributed by atoms with van der Waals surface area (Å²) >= 11 is 11.8. The van der Waals surface area contributed by atoms with Crippen LogP contribution in [0, 0.1) is 5.82 Å². The third kappa shape index (κ3) is 4.56. The van der Waals surface area contributed by atoms with E-state index < -0.39 is 23.8 Å². The second kappa shape index (κ2) is 8.25. The smallest absolute Gasteiger partial charge is 0.342 e. The van der Waals surface area contributed by atoms with E-state index in [0.717, 1.165) is 12.1 Å². The molecule has 0 bridgehead atoms. The number of methoxy groups -OCH3 is 1. The predicted octanol–water partition coefficient (Wildman–Crippen LogP) is 3.91. The Hall–Kier alpha value is -2.51. The number of benzene rings is 2. The highest BCUT2D eigenvalue weighted by Crippen LogP contribution is 2.29. The number of nitrogen functional groups attached to an aromatic ring is 1. The molecule has 0 heterocycles. The van der Waals surface area contributed by atoms with Gasteiger partial charge in [0.25, 0.3) is 5.91 Å². The Bertz CT molecular complexity index is 861. The van der Waals surface area contributed by atoms with Crippen LogP contribution in [0.1, 0.15) is 17.3 Å². The molecule has 0 saturated carbocycles. The lowest BCUT2D eigenvalue weighted by atomic mass is 10.2. The van der Waals surface area contributed by atoms with E-state index in [1.165, 1.54) is 32.2 Å². The lowest BCUT2D eigenvalue weighted by molar-refractivity contribution is -0.123. The van der Waals surface area contributed by atoms with Crippen molar-refractivity contribution in [3.05, 3.63) is 51.8 Å². The molecule has 2 aromatic carbocycles. The van der Waals surface area contributed by atoms with E-state index in [1.807, 2.05) is 0 Å². The van der Waals surface area contributed by atoms with E-state index in [0.29, 0.717) is 0 Å². The highest BCUT2D eigenvalue weighted by molar-refractivity contribution is 6.34. The van der Waals surface area contributed by atoms with E-state index in [1.54, 1.807) is 0 Å². The molecule has 0 spiro atoms. The molecule has 2 rings (SSSR count). The topological polar surface area (TPSA) is 90.7 Å². The van der Waals surface area contributed by atoms with Gasteiger partial charge in [0.1, 0.15) is 17.1 Å². The Morgan fingerprint density at radius 3 is 2.50 bits per heavy atom. The standard InChI is InChI=1S/C17H15Cl2FN2O4/c1-8(16(23)22-14-4-3-9(20)5-12(14)19)26-17(24)10-6-11(18)13(21)7-15(10)25-2/h3-8H,21H2,1-2H3,(H,22,23). The van der Waals surface area contributed by atoms with Gasteiger partial charge >= 0.3 is 5.97 Å². The van der Waals surface area contributed by atoms with Gasteiger partial charge in [-0.3, -0.25) is 4.79 Å². The highest BCUT2D eigenvalue weighted by Gasteiger charge is 2.23. The Balaban J connectivity index is 2.11. The van der Waals surface area contributed by atoms with Crippen molar-refractivity contribution in [3.8, 4) is 5.75 Å². The lowest BCUT2D eigenvalue weighted by Gasteiger charge is -2.16. The van der Waals surface area contributed by atoms with Gasteiger partial charge in [-0.15, -0.1) is 0 Å². The normalized spacial score (nSPS) is 11.6.